The van der Waals surface area contributed by atoms with Crippen molar-refractivity contribution in [3.63, 3.8) is 0 Å². The van der Waals surface area contributed by atoms with Gasteiger partial charge in [-0.25, -0.2) is 4.79 Å². The lowest BCUT2D eigenvalue weighted by Gasteiger charge is -2.26. The largest absolute Gasteiger partial charge is 0.497 e. The van der Waals surface area contributed by atoms with E-state index in [1.807, 2.05) is 0 Å². The van der Waals surface area contributed by atoms with E-state index < -0.39 is 29.7 Å². The van der Waals surface area contributed by atoms with Gasteiger partial charge in [0, 0.05) is 6.07 Å². The first kappa shape index (κ1) is 18.8. The quantitative estimate of drug-likeness (QED) is 0.464. The molecule has 0 spiro atoms. The number of esters is 1. The van der Waals surface area contributed by atoms with Crippen molar-refractivity contribution in [3.05, 3.63) is 18.2 Å². The number of benzene rings is 1. The van der Waals surface area contributed by atoms with Crippen LogP contribution in [-0.2, 0) is 4.79 Å². The van der Waals surface area contributed by atoms with Gasteiger partial charge in [-0.2, -0.15) is 30.7 Å². The number of carbonyl (C=O) groups excluding carboxylic acids is 1. The highest BCUT2D eigenvalue weighted by atomic mass is 19.4. The second-order valence-electron chi connectivity index (χ2n) is 4.05. The molecule has 0 aliphatic rings. The molecule has 23 heavy (non-hydrogen) atoms. The predicted octanol–water partition coefficient (Wildman–Crippen LogP) is 3.44. The molecule has 0 unspecified atom stereocenters. The first-order chi connectivity index (χ1) is 10.4. The Kier molecular flexibility index (Phi) is 5.02. The Morgan fingerprint density at radius 2 is 1.48 bits per heavy atom. The summed E-state index contributed by atoms with van der Waals surface area (Å²) in [7, 11) is 2.18. The van der Waals surface area contributed by atoms with E-state index in [9.17, 15) is 35.5 Å². The van der Waals surface area contributed by atoms with Gasteiger partial charge in [-0.05, 0) is 12.1 Å². The van der Waals surface area contributed by atoms with Gasteiger partial charge in [-0.15, -0.1) is 0 Å². The average molecular weight is 350 g/mol. The third-order valence-electron chi connectivity index (χ3n) is 2.58. The normalized spacial score (nSPS) is 12.7. The van der Waals surface area contributed by atoms with Gasteiger partial charge in [0.1, 0.15) is 5.75 Å². The molecule has 0 atom stereocenters. The Morgan fingerprint density at radius 1 is 0.913 bits per heavy atom. The highest BCUT2D eigenvalue weighted by Gasteiger charge is 2.77. The van der Waals surface area contributed by atoms with Gasteiger partial charge in [-0.1, -0.05) is 0 Å². The highest BCUT2D eigenvalue weighted by molar-refractivity contribution is 5.82. The van der Waals surface area contributed by atoms with Gasteiger partial charge in [0.05, 0.1) is 14.2 Å². The Labute approximate surface area is 124 Å². The summed E-state index contributed by atoms with van der Waals surface area (Å²) < 4.78 is 101. The van der Waals surface area contributed by atoms with E-state index in [2.05, 4.69) is 14.2 Å². The topological polar surface area (TPSA) is 44.8 Å². The minimum Gasteiger partial charge on any atom is -0.497 e. The molecule has 1 aromatic carbocycles. The molecular weight excluding hydrogens is 341 g/mol. The molecule has 0 aliphatic carbocycles. The van der Waals surface area contributed by atoms with E-state index in [1.165, 1.54) is 6.07 Å². The number of ether oxygens (including phenoxy) is 3. The number of alkyl halides is 7. The summed E-state index contributed by atoms with van der Waals surface area (Å²) in [6, 6.07) is 3.12. The number of hydrogen-bond acceptors (Lipinski definition) is 4. The number of hydrogen-bond donors (Lipinski definition) is 0. The molecule has 1 rings (SSSR count). The van der Waals surface area contributed by atoms with Gasteiger partial charge in [0.2, 0.25) is 0 Å². The minimum atomic E-state index is -6.64. The summed E-state index contributed by atoms with van der Waals surface area (Å²) >= 11 is 0. The van der Waals surface area contributed by atoms with Crippen LogP contribution in [0.4, 0.5) is 30.7 Å². The number of methoxy groups -OCH3 is 2. The molecule has 0 aliphatic heterocycles. The number of carbonyl (C=O) groups is 1. The maximum atomic E-state index is 13.2. The van der Waals surface area contributed by atoms with Gasteiger partial charge in [0.25, 0.3) is 0 Å². The van der Waals surface area contributed by atoms with Crippen molar-refractivity contribution in [2.45, 2.75) is 18.0 Å². The standard InChI is InChI=1S/C12H9F7O4/c1-21-6-3-4-7(22-2)8(5-6)23-9(20)10(13,14)11(15,16)12(17,18)19/h3-5H,1-2H3. The van der Waals surface area contributed by atoms with Crippen LogP contribution in [0, 0.1) is 0 Å². The summed E-state index contributed by atoms with van der Waals surface area (Å²) in [5.41, 5.74) is 0. The monoisotopic (exact) mass is 350 g/mol. The van der Waals surface area contributed by atoms with Crippen molar-refractivity contribution >= 4 is 5.97 Å². The average Bonchev–Trinajstić information content (AvgIpc) is 2.45. The van der Waals surface area contributed by atoms with Crippen LogP contribution >= 0.6 is 0 Å². The molecule has 0 heterocycles. The van der Waals surface area contributed by atoms with Crippen LogP contribution in [0.3, 0.4) is 0 Å². The maximum Gasteiger partial charge on any atom is 0.460 e. The Morgan fingerprint density at radius 3 is 1.91 bits per heavy atom. The van der Waals surface area contributed by atoms with E-state index in [-0.39, 0.29) is 11.5 Å². The molecular formula is C12H9F7O4. The van der Waals surface area contributed by atoms with E-state index in [4.69, 9.17) is 0 Å². The van der Waals surface area contributed by atoms with Crippen LogP contribution in [0.1, 0.15) is 0 Å². The Hall–Kier alpha value is -2.20. The van der Waals surface area contributed by atoms with Gasteiger partial charge in [-0.3, -0.25) is 0 Å². The predicted molar refractivity (Wildman–Crippen MR) is 61.1 cm³/mol. The second-order valence-corrected chi connectivity index (χ2v) is 4.05. The second kappa shape index (κ2) is 6.13. The zero-order valence-electron chi connectivity index (χ0n) is 11.5. The lowest BCUT2D eigenvalue weighted by atomic mass is 10.1. The fraction of sp³-hybridized carbons (Fsp3) is 0.417. The van der Waals surface area contributed by atoms with Crippen LogP contribution in [-0.4, -0.2) is 38.2 Å². The summed E-state index contributed by atoms with van der Waals surface area (Å²) in [6.45, 7) is 0. The SMILES string of the molecule is COc1ccc(OC)c(OC(=O)C(F)(F)C(F)(F)C(F)(F)F)c1. The van der Waals surface area contributed by atoms with Crippen LogP contribution in [0.2, 0.25) is 0 Å². The van der Waals surface area contributed by atoms with Crippen molar-refractivity contribution in [1.82, 2.24) is 0 Å². The lowest BCUT2D eigenvalue weighted by Crippen LogP contribution is -2.57. The van der Waals surface area contributed by atoms with E-state index in [1.54, 1.807) is 0 Å². The fourth-order valence-corrected chi connectivity index (χ4v) is 1.33. The molecule has 0 N–H and O–H groups in total. The molecule has 1 aromatic rings. The summed E-state index contributed by atoms with van der Waals surface area (Å²) in [4.78, 5) is 11.1. The Bertz CT molecular complexity index is 583. The molecule has 0 fully saturated rings. The third kappa shape index (κ3) is 3.42. The van der Waals surface area contributed by atoms with Crippen LogP contribution in [0.25, 0.3) is 0 Å². The van der Waals surface area contributed by atoms with E-state index in [0.717, 1.165) is 26.4 Å². The molecule has 0 bridgehead atoms. The first-order valence-electron chi connectivity index (χ1n) is 5.65. The molecule has 0 radical (unpaired) electrons. The zero-order chi connectivity index (χ0) is 18.1. The van der Waals surface area contributed by atoms with Crippen LogP contribution < -0.4 is 14.2 Å². The third-order valence-corrected chi connectivity index (χ3v) is 2.58. The summed E-state index contributed by atoms with van der Waals surface area (Å²) in [5, 5.41) is 0. The summed E-state index contributed by atoms with van der Waals surface area (Å²) in [5.74, 6) is -17.0. The van der Waals surface area contributed by atoms with E-state index >= 15 is 0 Å². The zero-order valence-corrected chi connectivity index (χ0v) is 11.5. The molecule has 11 heteroatoms. The van der Waals surface area contributed by atoms with Gasteiger partial charge < -0.3 is 14.2 Å². The van der Waals surface area contributed by atoms with Crippen molar-refractivity contribution in [1.29, 1.82) is 0 Å². The van der Waals surface area contributed by atoms with E-state index in [0.29, 0.717) is 0 Å². The van der Waals surface area contributed by atoms with Crippen LogP contribution in [0.5, 0.6) is 17.2 Å². The van der Waals surface area contributed by atoms with Crippen molar-refractivity contribution in [2.75, 3.05) is 14.2 Å². The van der Waals surface area contributed by atoms with Crippen molar-refractivity contribution in [2.24, 2.45) is 0 Å². The number of halogens is 7. The van der Waals surface area contributed by atoms with Crippen molar-refractivity contribution in [3.8, 4) is 17.2 Å². The smallest absolute Gasteiger partial charge is 0.460 e. The molecule has 0 saturated carbocycles. The summed E-state index contributed by atoms with van der Waals surface area (Å²) in [6.07, 6.45) is -6.64. The van der Waals surface area contributed by atoms with Crippen molar-refractivity contribution < 1.29 is 49.7 Å². The first-order valence-corrected chi connectivity index (χ1v) is 5.65. The maximum absolute atomic E-state index is 13.2. The van der Waals surface area contributed by atoms with Gasteiger partial charge in [0.15, 0.2) is 11.5 Å². The number of rotatable bonds is 5. The lowest BCUT2D eigenvalue weighted by molar-refractivity contribution is -0.346. The molecule has 0 amide bonds. The Balaban J connectivity index is 3.17. The highest BCUT2D eigenvalue weighted by Crippen LogP contribution is 2.47. The molecule has 0 aromatic heterocycles. The molecule has 4 nitrogen and oxygen atoms in total. The fourth-order valence-electron chi connectivity index (χ4n) is 1.33. The molecule has 130 valence electrons. The van der Waals surface area contributed by atoms with Crippen LogP contribution in [0.15, 0.2) is 18.2 Å². The van der Waals surface area contributed by atoms with Gasteiger partial charge >= 0.3 is 24.0 Å². The molecule has 0 saturated heterocycles. The minimum absolute atomic E-state index is 0.0421.